The Balaban J connectivity index is 2.94. The van der Waals surface area contributed by atoms with Crippen molar-refractivity contribution in [2.45, 2.75) is 229 Å². The molecule has 2 aliphatic heterocycles. The van der Waals surface area contributed by atoms with E-state index in [1.165, 1.54) is 111 Å². The van der Waals surface area contributed by atoms with Crippen molar-refractivity contribution in [2.75, 3.05) is 55.9 Å². The minimum absolute atomic E-state index is 0.101. The summed E-state index contributed by atoms with van der Waals surface area (Å²) >= 11 is 0. The predicted octanol–water partition coefficient (Wildman–Crippen LogP) is 3.12. The smallest absolute Gasteiger partial charge is 0.246 e. The Morgan fingerprint density at radius 2 is 0.821 bits per heavy atom. The van der Waals surface area contributed by atoms with Gasteiger partial charge in [-0.3, -0.25) is 52.7 Å². The van der Waals surface area contributed by atoms with E-state index in [1.54, 1.807) is 27.7 Å². The first kappa shape index (κ1) is 74.2. The molecular weight excluding hydrogens is 1080 g/mol. The second-order valence-corrected chi connectivity index (χ2v) is 26.4. The summed E-state index contributed by atoms with van der Waals surface area (Å²) in [5.41, 5.74) is 0. The molecule has 2 heterocycles. The van der Waals surface area contributed by atoms with Gasteiger partial charge in [-0.2, -0.15) is 0 Å². The maximum atomic E-state index is 15.2. The molecule has 0 bridgehead atoms. The highest BCUT2D eigenvalue weighted by Gasteiger charge is 2.47. The summed E-state index contributed by atoms with van der Waals surface area (Å²) in [4.78, 5) is 169. The van der Waals surface area contributed by atoms with Gasteiger partial charge in [-0.05, 0) is 108 Å². The average molecular weight is 1190 g/mol. The number of carbonyl (C=O) groups is 11. The maximum Gasteiger partial charge on any atom is 0.246 e. The van der Waals surface area contributed by atoms with Crippen LogP contribution in [0.15, 0.2) is 0 Å². The van der Waals surface area contributed by atoms with Crippen molar-refractivity contribution in [3.8, 4) is 0 Å². The van der Waals surface area contributed by atoms with Crippen LogP contribution in [0.5, 0.6) is 0 Å². The number of likely N-dealkylation sites (N-methyl/N-ethyl adjacent to an activating group) is 7. The van der Waals surface area contributed by atoms with Gasteiger partial charge in [0.15, 0.2) is 0 Å². The summed E-state index contributed by atoms with van der Waals surface area (Å²) in [7, 11) is 10.2. The highest BCUT2D eigenvalue weighted by Crippen LogP contribution is 2.29. The maximum absolute atomic E-state index is 15.2. The molecule has 23 heteroatoms. The first-order valence-corrected chi connectivity index (χ1v) is 30.4. The quantitative estimate of drug-likeness (QED) is 0.220. The van der Waals surface area contributed by atoms with Crippen molar-refractivity contribution in [1.29, 1.82) is 0 Å². The highest BCUT2D eigenvalue weighted by molar-refractivity contribution is 6.00. The van der Waals surface area contributed by atoms with Gasteiger partial charge in [0.25, 0.3) is 0 Å². The molecule has 0 spiro atoms. The molecule has 11 amide bonds. The van der Waals surface area contributed by atoms with Crippen LogP contribution in [0.25, 0.3) is 0 Å². The number of amides is 11. The fourth-order valence-electron chi connectivity index (χ4n) is 11.1. The first-order chi connectivity index (χ1) is 38.7. The molecule has 0 aromatic heterocycles. The first-order valence-electron chi connectivity index (χ1n) is 30.4. The van der Waals surface area contributed by atoms with Crippen LogP contribution in [0.2, 0.25) is 0 Å². The summed E-state index contributed by atoms with van der Waals surface area (Å²) in [5.74, 6) is -8.44. The number of nitrogens with zero attached hydrogens (tertiary/aromatic N) is 7. The summed E-state index contributed by atoms with van der Waals surface area (Å²) in [6, 6.07) is -12.9. The zero-order valence-corrected chi connectivity index (χ0v) is 55.4. The van der Waals surface area contributed by atoms with Gasteiger partial charge >= 0.3 is 0 Å². The lowest BCUT2D eigenvalue weighted by molar-refractivity contribution is -0.157. The van der Waals surface area contributed by atoms with Gasteiger partial charge in [0, 0.05) is 55.9 Å². The lowest BCUT2D eigenvalue weighted by atomic mass is 9.93. The molecule has 13 atom stereocenters. The molecule has 84 heavy (non-hydrogen) atoms. The molecule has 0 radical (unpaired) electrons. The molecule has 2 saturated heterocycles. The molecular formula is C61H109N11O12. The fraction of sp³-hybridized carbons (Fsp3) is 0.820. The van der Waals surface area contributed by atoms with Crippen LogP contribution in [0, 0.1) is 41.4 Å². The summed E-state index contributed by atoms with van der Waals surface area (Å²) in [6.45, 7) is 30.3. The van der Waals surface area contributed by atoms with E-state index in [1.807, 2.05) is 62.3 Å². The minimum Gasteiger partial charge on any atom is -0.375 e. The molecule has 480 valence electrons. The molecule has 23 nitrogen and oxygen atoms in total. The van der Waals surface area contributed by atoms with Gasteiger partial charge in [-0.25, -0.2) is 0 Å². The Morgan fingerprint density at radius 3 is 1.27 bits per heavy atom. The summed E-state index contributed by atoms with van der Waals surface area (Å²) in [6.07, 6.45) is 0.994. The topological polar surface area (TPSA) is 268 Å². The fourth-order valence-corrected chi connectivity index (χ4v) is 11.1. The normalized spacial score (nSPS) is 29.8. The number of nitrogens with one attached hydrogen (secondary N) is 4. The van der Waals surface area contributed by atoms with Crippen molar-refractivity contribution >= 4 is 65.0 Å². The monoisotopic (exact) mass is 1190 g/mol. The van der Waals surface area contributed by atoms with Crippen LogP contribution in [0.4, 0.5) is 0 Å². The lowest BCUT2D eigenvalue weighted by Gasteiger charge is -2.41. The standard InChI is InChI=1S/C61H109N11O12/c1-32(2)25-26-43-58(80)71(23)48(37(11)12)61(83)72(24)49(50-38(13)27-28-84-50)54(76)64-40(15)55(77)66(18)42(17)57(79)68(20)45(30-34(5)6)53(75)65-47(36(9)10)60(82)69(21)44(29-33(3)4)52(74)62-39(14)51(73)63-41(16)56(78)70(22)46(31-35(7)8)59(81)67(43)19/h32-50H,25-31H2,1-24H3,(H,62,74)(H,63,73)(H,64,76)(H,65,75)/t38-,39-,40+,41+,42-,43-,44?,45+,46-,47-,48-,49-,50-/m1/s1. The number of hydrogen-bond donors (Lipinski definition) is 4. The van der Waals surface area contributed by atoms with Crippen molar-refractivity contribution in [1.82, 2.24) is 55.6 Å². The van der Waals surface area contributed by atoms with Crippen molar-refractivity contribution in [2.24, 2.45) is 41.4 Å². The number of ether oxygens (including phenoxy) is 1. The van der Waals surface area contributed by atoms with E-state index < -0.39 is 149 Å². The van der Waals surface area contributed by atoms with Crippen molar-refractivity contribution in [3.63, 3.8) is 0 Å². The third kappa shape index (κ3) is 19.3. The molecule has 0 aromatic rings. The predicted molar refractivity (Wildman–Crippen MR) is 322 cm³/mol. The van der Waals surface area contributed by atoms with E-state index in [-0.39, 0.29) is 55.3 Å². The van der Waals surface area contributed by atoms with E-state index in [2.05, 4.69) is 21.3 Å². The Bertz CT molecular complexity index is 2310. The van der Waals surface area contributed by atoms with E-state index in [9.17, 15) is 43.2 Å². The molecule has 1 unspecified atom stereocenters. The molecule has 2 fully saturated rings. The number of rotatable bonds is 12. The molecule has 4 N–H and O–H groups in total. The molecule has 0 aliphatic carbocycles. The van der Waals surface area contributed by atoms with E-state index >= 15 is 9.59 Å². The zero-order valence-electron chi connectivity index (χ0n) is 55.4. The Kier molecular flexibility index (Phi) is 28.8. The molecule has 0 saturated carbocycles. The van der Waals surface area contributed by atoms with Crippen LogP contribution in [0.1, 0.15) is 156 Å². The number of hydrogen-bond acceptors (Lipinski definition) is 12. The van der Waals surface area contributed by atoms with E-state index in [4.69, 9.17) is 4.74 Å². The van der Waals surface area contributed by atoms with Crippen LogP contribution >= 0.6 is 0 Å². The van der Waals surface area contributed by atoms with Crippen molar-refractivity contribution < 1.29 is 57.5 Å². The van der Waals surface area contributed by atoms with Crippen LogP contribution in [-0.4, -0.2) is 228 Å². The third-order valence-electron chi connectivity index (χ3n) is 16.7. The van der Waals surface area contributed by atoms with E-state index in [0.717, 1.165) is 0 Å². The summed E-state index contributed by atoms with van der Waals surface area (Å²) in [5, 5.41) is 11.1. The van der Waals surface area contributed by atoms with Gasteiger partial charge in [0.1, 0.15) is 66.5 Å². The second-order valence-electron chi connectivity index (χ2n) is 26.4. The Hall–Kier alpha value is -5.87. The van der Waals surface area contributed by atoms with Gasteiger partial charge in [-0.15, -0.1) is 0 Å². The molecule has 2 aliphatic rings. The Labute approximate surface area is 502 Å². The highest BCUT2D eigenvalue weighted by atomic mass is 16.5. The molecule has 2 rings (SSSR count). The van der Waals surface area contributed by atoms with Crippen LogP contribution < -0.4 is 21.3 Å². The number of carbonyl (C=O) groups excluding carboxylic acids is 11. The van der Waals surface area contributed by atoms with Gasteiger partial charge in [0.2, 0.25) is 65.0 Å². The lowest BCUT2D eigenvalue weighted by Crippen LogP contribution is -2.63. The third-order valence-corrected chi connectivity index (χ3v) is 16.7. The van der Waals surface area contributed by atoms with E-state index in [0.29, 0.717) is 19.4 Å². The average Bonchev–Trinajstić information content (AvgIpc) is 3.93. The van der Waals surface area contributed by atoms with Gasteiger partial charge in [0.05, 0.1) is 6.10 Å². The van der Waals surface area contributed by atoms with Crippen LogP contribution in [0.3, 0.4) is 0 Å². The summed E-state index contributed by atoms with van der Waals surface area (Å²) < 4.78 is 6.15. The molecule has 0 aromatic carbocycles. The zero-order chi connectivity index (χ0) is 64.8. The minimum atomic E-state index is -1.29. The Morgan fingerprint density at radius 1 is 0.405 bits per heavy atom. The van der Waals surface area contributed by atoms with Gasteiger partial charge < -0.3 is 60.3 Å². The largest absolute Gasteiger partial charge is 0.375 e. The SMILES string of the molecule is CC(C)CC[C@@H]1C(=O)N(C)[C@H](C(C)C)C(=O)N(C)[C@H]([C@@H]2OCC[C@H]2C)C(=O)N[C@@H](C)C(=O)N(C)[C@H](C)C(=O)N(C)[C@@H](CC(C)C)C(=O)N[C@H](C(C)C)C(=O)N(C)C(CC(C)C)C(=O)N[C@H](C)C(=O)N[C@@H](C)C(=O)N(C)[C@H](CC(C)C)C(=O)N1C. The van der Waals surface area contributed by atoms with Crippen molar-refractivity contribution in [3.05, 3.63) is 0 Å². The van der Waals surface area contributed by atoms with Gasteiger partial charge in [-0.1, -0.05) is 90.0 Å². The van der Waals surface area contributed by atoms with Crippen LogP contribution in [-0.2, 0) is 57.5 Å². The second kappa shape index (κ2) is 32.6.